The van der Waals surface area contributed by atoms with Gasteiger partial charge in [-0.05, 0) is 11.6 Å². The molecule has 12 heavy (non-hydrogen) atoms. The molecule has 0 aliphatic carbocycles. The summed E-state index contributed by atoms with van der Waals surface area (Å²) >= 11 is 0. The second-order valence-corrected chi connectivity index (χ2v) is 2.54. The Morgan fingerprint density at radius 3 is 2.25 bits per heavy atom. The fraction of sp³-hybridized carbons (Fsp3) is 0. The maximum Gasteiger partial charge on any atom is 0.0408 e. The van der Waals surface area contributed by atoms with E-state index in [1.165, 1.54) is 0 Å². The van der Waals surface area contributed by atoms with Crippen molar-refractivity contribution in [3.63, 3.8) is 0 Å². The van der Waals surface area contributed by atoms with E-state index in [0.29, 0.717) is 11.4 Å². The maximum atomic E-state index is 5.72. The molecule has 0 unspecified atom stereocenters. The van der Waals surface area contributed by atoms with E-state index >= 15 is 0 Å². The zero-order valence-electron chi connectivity index (χ0n) is 6.83. The van der Waals surface area contributed by atoms with Gasteiger partial charge in [-0.15, -0.1) is 0 Å². The first-order chi connectivity index (χ1) is 5.70. The molecule has 2 nitrogen and oxygen atoms in total. The van der Waals surface area contributed by atoms with E-state index in [9.17, 15) is 0 Å². The van der Waals surface area contributed by atoms with Crippen LogP contribution in [0.1, 0.15) is 5.56 Å². The smallest absolute Gasteiger partial charge is 0.0408 e. The standard InChI is InChI=1S/C10H12N2/c1-8(11)7-10(12)9-5-3-2-4-6-9/h2-7H,1,11-12H2/b10-7-. The van der Waals surface area contributed by atoms with Crippen molar-refractivity contribution >= 4 is 5.70 Å². The van der Waals surface area contributed by atoms with Crippen molar-refractivity contribution in [2.75, 3.05) is 0 Å². The van der Waals surface area contributed by atoms with E-state index in [4.69, 9.17) is 11.5 Å². The molecule has 0 radical (unpaired) electrons. The Hall–Kier alpha value is -1.70. The summed E-state index contributed by atoms with van der Waals surface area (Å²) in [6.07, 6.45) is 1.65. The summed E-state index contributed by atoms with van der Waals surface area (Å²) in [5.41, 5.74) is 13.2. The number of allylic oxidation sites excluding steroid dienone is 1. The number of hydrogen-bond donors (Lipinski definition) is 2. The molecule has 4 N–H and O–H groups in total. The van der Waals surface area contributed by atoms with Gasteiger partial charge in [0.1, 0.15) is 0 Å². The molecule has 1 aromatic carbocycles. The monoisotopic (exact) mass is 160 g/mol. The summed E-state index contributed by atoms with van der Waals surface area (Å²) in [7, 11) is 0. The zero-order chi connectivity index (χ0) is 8.97. The van der Waals surface area contributed by atoms with E-state index < -0.39 is 0 Å². The summed E-state index contributed by atoms with van der Waals surface area (Å²) in [5, 5.41) is 0. The summed E-state index contributed by atoms with van der Waals surface area (Å²) in [6, 6.07) is 9.64. The second kappa shape index (κ2) is 3.62. The minimum absolute atomic E-state index is 0.469. The second-order valence-electron chi connectivity index (χ2n) is 2.54. The molecule has 0 aliphatic heterocycles. The Balaban J connectivity index is 2.93. The molecule has 0 amide bonds. The number of rotatable bonds is 2. The number of hydrogen-bond acceptors (Lipinski definition) is 2. The highest BCUT2D eigenvalue weighted by molar-refractivity contribution is 5.64. The first kappa shape index (κ1) is 8.40. The summed E-state index contributed by atoms with van der Waals surface area (Å²) in [6.45, 7) is 3.54. The molecule has 1 rings (SSSR count). The van der Waals surface area contributed by atoms with Gasteiger partial charge in [0.25, 0.3) is 0 Å². The van der Waals surface area contributed by atoms with Crippen molar-refractivity contribution in [3.05, 3.63) is 54.2 Å². The van der Waals surface area contributed by atoms with Gasteiger partial charge in [-0.25, -0.2) is 0 Å². The fourth-order valence-electron chi connectivity index (χ4n) is 0.914. The molecule has 0 aromatic heterocycles. The van der Waals surface area contributed by atoms with Crippen LogP contribution in [0.15, 0.2) is 48.7 Å². The normalized spacial score (nSPS) is 11.2. The average molecular weight is 160 g/mol. The van der Waals surface area contributed by atoms with Crippen LogP contribution in [0.25, 0.3) is 5.70 Å². The highest BCUT2D eigenvalue weighted by Crippen LogP contribution is 2.07. The number of nitrogens with two attached hydrogens (primary N) is 2. The molecule has 0 spiro atoms. The van der Waals surface area contributed by atoms with E-state index in [0.717, 1.165) is 5.56 Å². The van der Waals surface area contributed by atoms with Gasteiger partial charge in [-0.2, -0.15) is 0 Å². The van der Waals surface area contributed by atoms with Crippen LogP contribution in [0.5, 0.6) is 0 Å². The predicted octanol–water partition coefficient (Wildman–Crippen LogP) is 1.46. The SMILES string of the molecule is C=C(N)/C=C(\N)c1ccccc1. The van der Waals surface area contributed by atoms with Crippen LogP contribution < -0.4 is 11.5 Å². The van der Waals surface area contributed by atoms with Crippen molar-refractivity contribution in [2.45, 2.75) is 0 Å². The number of benzene rings is 1. The van der Waals surface area contributed by atoms with Crippen LogP contribution >= 0.6 is 0 Å². The Morgan fingerprint density at radius 2 is 1.75 bits per heavy atom. The predicted molar refractivity (Wildman–Crippen MR) is 51.9 cm³/mol. The van der Waals surface area contributed by atoms with Crippen LogP contribution in [0.3, 0.4) is 0 Å². The zero-order valence-corrected chi connectivity index (χ0v) is 6.83. The third-order valence-corrected chi connectivity index (χ3v) is 1.45. The van der Waals surface area contributed by atoms with Crippen molar-refractivity contribution in [1.29, 1.82) is 0 Å². The van der Waals surface area contributed by atoms with Crippen molar-refractivity contribution in [2.24, 2.45) is 11.5 Å². The van der Waals surface area contributed by atoms with E-state index in [1.807, 2.05) is 30.3 Å². The van der Waals surface area contributed by atoms with Crippen LogP contribution in [-0.4, -0.2) is 0 Å². The lowest BCUT2D eigenvalue weighted by molar-refractivity contribution is 1.42. The molecule has 1 aromatic rings. The van der Waals surface area contributed by atoms with Crippen LogP contribution in [0, 0.1) is 0 Å². The van der Waals surface area contributed by atoms with Crippen molar-refractivity contribution in [3.8, 4) is 0 Å². The van der Waals surface area contributed by atoms with Gasteiger partial charge in [0, 0.05) is 11.4 Å². The maximum absolute atomic E-state index is 5.72. The Morgan fingerprint density at radius 1 is 1.17 bits per heavy atom. The van der Waals surface area contributed by atoms with Gasteiger partial charge in [-0.3, -0.25) is 0 Å². The van der Waals surface area contributed by atoms with Crippen LogP contribution in [0.2, 0.25) is 0 Å². The Labute approximate surface area is 72.2 Å². The molecule has 0 saturated heterocycles. The molecule has 0 fully saturated rings. The first-order valence-corrected chi connectivity index (χ1v) is 3.67. The lowest BCUT2D eigenvalue weighted by atomic mass is 10.1. The molecular formula is C10H12N2. The van der Waals surface area contributed by atoms with Gasteiger partial charge >= 0.3 is 0 Å². The van der Waals surface area contributed by atoms with Crippen LogP contribution in [0.4, 0.5) is 0 Å². The van der Waals surface area contributed by atoms with Gasteiger partial charge < -0.3 is 11.5 Å². The highest BCUT2D eigenvalue weighted by Gasteiger charge is 1.92. The van der Waals surface area contributed by atoms with Gasteiger partial charge in [0.15, 0.2) is 0 Å². The first-order valence-electron chi connectivity index (χ1n) is 3.67. The van der Waals surface area contributed by atoms with Gasteiger partial charge in [0.2, 0.25) is 0 Å². The summed E-state index contributed by atoms with van der Waals surface area (Å²) in [4.78, 5) is 0. The van der Waals surface area contributed by atoms with Crippen molar-refractivity contribution in [1.82, 2.24) is 0 Å². The lowest BCUT2D eigenvalue weighted by Gasteiger charge is -1.99. The van der Waals surface area contributed by atoms with Gasteiger partial charge in [0.05, 0.1) is 0 Å². The Kier molecular flexibility index (Phi) is 2.53. The van der Waals surface area contributed by atoms with E-state index in [2.05, 4.69) is 6.58 Å². The van der Waals surface area contributed by atoms with Gasteiger partial charge in [-0.1, -0.05) is 36.9 Å². The quantitative estimate of drug-likeness (QED) is 0.643. The summed E-state index contributed by atoms with van der Waals surface area (Å²) < 4.78 is 0. The lowest BCUT2D eigenvalue weighted by Crippen LogP contribution is -1.99. The molecule has 0 bridgehead atoms. The Bertz CT molecular complexity index is 299. The molecule has 0 saturated carbocycles. The minimum Gasteiger partial charge on any atom is -0.399 e. The highest BCUT2D eigenvalue weighted by atomic mass is 14.6. The average Bonchev–Trinajstić information content (AvgIpc) is 2.05. The molecule has 0 atom stereocenters. The third kappa shape index (κ3) is 2.16. The molecular weight excluding hydrogens is 148 g/mol. The summed E-state index contributed by atoms with van der Waals surface area (Å²) in [5.74, 6) is 0. The minimum atomic E-state index is 0.469. The topological polar surface area (TPSA) is 52.0 Å². The van der Waals surface area contributed by atoms with Crippen LogP contribution in [-0.2, 0) is 0 Å². The molecule has 2 heteroatoms. The largest absolute Gasteiger partial charge is 0.399 e. The molecule has 0 heterocycles. The molecule has 62 valence electrons. The van der Waals surface area contributed by atoms with E-state index in [1.54, 1.807) is 6.08 Å². The fourth-order valence-corrected chi connectivity index (χ4v) is 0.914. The van der Waals surface area contributed by atoms with Crippen molar-refractivity contribution < 1.29 is 0 Å². The van der Waals surface area contributed by atoms with E-state index in [-0.39, 0.29) is 0 Å². The molecule has 0 aliphatic rings. The third-order valence-electron chi connectivity index (χ3n) is 1.45.